The van der Waals surface area contributed by atoms with E-state index in [4.69, 9.17) is 23.7 Å². The number of hydrogen-bond donors (Lipinski definition) is 1. The maximum atomic E-state index is 12.9. The number of aromatic nitrogens is 2. The monoisotopic (exact) mass is 496 g/mol. The maximum absolute atomic E-state index is 12.9. The molecule has 1 aliphatic rings. The molecule has 4 atom stereocenters. The van der Waals surface area contributed by atoms with Gasteiger partial charge in [0.15, 0.2) is 41.8 Å². The topological polar surface area (TPSA) is 174 Å². The number of anilines is 1. The number of hydrogen-bond acceptors (Lipinski definition) is 13. The van der Waals surface area contributed by atoms with Gasteiger partial charge in [-0.25, -0.2) is 4.99 Å². The first-order valence-corrected chi connectivity index (χ1v) is 10.5. The van der Waals surface area contributed by atoms with Crippen LogP contribution in [0.5, 0.6) is 6.01 Å². The Morgan fingerprint density at radius 3 is 2.09 bits per heavy atom. The van der Waals surface area contributed by atoms with E-state index in [0.717, 1.165) is 25.3 Å². The van der Waals surface area contributed by atoms with Crippen molar-refractivity contribution in [3.63, 3.8) is 0 Å². The zero-order chi connectivity index (χ0) is 26.4. The summed E-state index contributed by atoms with van der Waals surface area (Å²) >= 11 is 0. The molecule has 14 heteroatoms. The number of Topliss-reactive ketones (excluding diaryl/α,β-unsaturated/α-hetero) is 1. The van der Waals surface area contributed by atoms with Gasteiger partial charge in [0.2, 0.25) is 0 Å². The Kier molecular flexibility index (Phi) is 9.05. The number of nitrogens with zero attached hydrogens (tertiary/aromatic N) is 3. The van der Waals surface area contributed by atoms with Gasteiger partial charge >= 0.3 is 23.9 Å². The molecule has 0 radical (unpaired) electrons. The molecule has 1 N–H and O–H groups in total. The smallest absolute Gasteiger partial charge is 0.303 e. The fourth-order valence-corrected chi connectivity index (χ4v) is 3.20. The summed E-state index contributed by atoms with van der Waals surface area (Å²) in [6, 6.07) is -0.0916. The third-order valence-electron chi connectivity index (χ3n) is 4.83. The van der Waals surface area contributed by atoms with Crippen molar-refractivity contribution < 1.29 is 42.9 Å². The van der Waals surface area contributed by atoms with Gasteiger partial charge in [-0.2, -0.15) is 4.98 Å². The van der Waals surface area contributed by atoms with E-state index < -0.39 is 48.0 Å². The molecule has 1 aliphatic heterocycles. The lowest BCUT2D eigenvalue weighted by Gasteiger charge is -2.40. The fourth-order valence-electron chi connectivity index (χ4n) is 3.20. The van der Waals surface area contributed by atoms with Gasteiger partial charge in [0.05, 0.1) is 19.4 Å². The SMILES string of the molecule is COc1nc(N[C@@H]2OC[C@@H](OC(C)=O)[C@@H](OC(C)=O)[C@H]2OC(C)=O)c(N=C(C)C(C)=O)c(=O)n1C. The Morgan fingerprint density at radius 1 is 1.00 bits per heavy atom. The molecule has 1 aromatic heterocycles. The molecule has 0 aliphatic carbocycles. The van der Waals surface area contributed by atoms with Crippen LogP contribution in [-0.2, 0) is 45.2 Å². The Labute approximate surface area is 200 Å². The molecule has 0 saturated carbocycles. The Morgan fingerprint density at radius 2 is 1.57 bits per heavy atom. The third kappa shape index (κ3) is 6.85. The second-order valence-electron chi connectivity index (χ2n) is 7.61. The number of ketones is 1. The zero-order valence-corrected chi connectivity index (χ0v) is 20.4. The van der Waals surface area contributed by atoms with Crippen LogP contribution in [0.4, 0.5) is 11.5 Å². The standard InChI is InChI=1S/C21H28N4O10/c1-9(10(2)26)22-15-18(24-21(31-7)25(6)20(15)30)23-19-17(35-13(5)29)16(34-12(4)28)14(8-32-19)33-11(3)27/h14,16-17,19,23H,8H2,1-7H3/t14-,16-,17-,19-/m1/s1. The molecular formula is C21H28N4O10. The van der Waals surface area contributed by atoms with Gasteiger partial charge in [0.1, 0.15) is 0 Å². The van der Waals surface area contributed by atoms with E-state index in [1.807, 2.05) is 0 Å². The molecule has 1 saturated heterocycles. The average molecular weight is 496 g/mol. The minimum Gasteiger partial charge on any atom is -0.468 e. The van der Waals surface area contributed by atoms with Crippen molar-refractivity contribution in [3.05, 3.63) is 10.4 Å². The largest absolute Gasteiger partial charge is 0.468 e. The Balaban J connectivity index is 2.59. The number of ether oxygens (including phenoxy) is 5. The lowest BCUT2D eigenvalue weighted by Crippen LogP contribution is -2.59. The van der Waals surface area contributed by atoms with Gasteiger partial charge in [-0.1, -0.05) is 0 Å². The van der Waals surface area contributed by atoms with Crippen LogP contribution in [0.3, 0.4) is 0 Å². The van der Waals surface area contributed by atoms with Gasteiger partial charge < -0.3 is 29.0 Å². The van der Waals surface area contributed by atoms with Crippen molar-refractivity contribution in [3.8, 4) is 6.01 Å². The molecule has 0 bridgehead atoms. The van der Waals surface area contributed by atoms with Gasteiger partial charge in [0.25, 0.3) is 5.56 Å². The first-order valence-electron chi connectivity index (χ1n) is 10.5. The summed E-state index contributed by atoms with van der Waals surface area (Å²) in [4.78, 5) is 68.2. The number of rotatable bonds is 8. The summed E-state index contributed by atoms with van der Waals surface area (Å²) < 4.78 is 27.8. The van der Waals surface area contributed by atoms with Crippen molar-refractivity contribution in [2.75, 3.05) is 19.0 Å². The predicted molar refractivity (Wildman–Crippen MR) is 120 cm³/mol. The van der Waals surface area contributed by atoms with Crippen LogP contribution in [0.15, 0.2) is 9.79 Å². The van der Waals surface area contributed by atoms with Crippen LogP contribution in [0.2, 0.25) is 0 Å². The maximum Gasteiger partial charge on any atom is 0.303 e. The van der Waals surface area contributed by atoms with Crippen LogP contribution in [0.1, 0.15) is 34.6 Å². The Hall–Kier alpha value is -3.81. The van der Waals surface area contributed by atoms with E-state index in [2.05, 4.69) is 15.3 Å². The fraction of sp³-hybridized carbons (Fsp3) is 0.571. The molecule has 0 unspecified atom stereocenters. The van der Waals surface area contributed by atoms with Crippen LogP contribution < -0.4 is 15.6 Å². The zero-order valence-electron chi connectivity index (χ0n) is 20.4. The van der Waals surface area contributed by atoms with Gasteiger partial charge in [-0.15, -0.1) is 0 Å². The normalized spacial score (nSPS) is 22.1. The van der Waals surface area contributed by atoms with Gasteiger partial charge in [0, 0.05) is 34.7 Å². The number of nitrogens with one attached hydrogen (secondary N) is 1. The van der Waals surface area contributed by atoms with Crippen molar-refractivity contribution in [2.45, 2.75) is 59.2 Å². The summed E-state index contributed by atoms with van der Waals surface area (Å²) in [5.74, 6) is -2.66. The number of methoxy groups -OCH3 is 1. The van der Waals surface area contributed by atoms with Gasteiger partial charge in [-0.3, -0.25) is 28.5 Å². The molecule has 0 spiro atoms. The van der Waals surface area contributed by atoms with E-state index in [9.17, 15) is 24.0 Å². The number of carbonyl (C=O) groups is 4. The van der Waals surface area contributed by atoms with Crippen molar-refractivity contribution in [1.29, 1.82) is 0 Å². The molecule has 0 amide bonds. The van der Waals surface area contributed by atoms with Crippen molar-refractivity contribution >= 4 is 40.9 Å². The Bertz CT molecular complexity index is 1100. The summed E-state index contributed by atoms with van der Waals surface area (Å²) in [6.45, 7) is 5.89. The molecule has 0 aromatic carbocycles. The van der Waals surface area contributed by atoms with E-state index >= 15 is 0 Å². The second-order valence-corrected chi connectivity index (χ2v) is 7.61. The number of esters is 3. The lowest BCUT2D eigenvalue weighted by molar-refractivity contribution is -0.221. The molecule has 14 nitrogen and oxygen atoms in total. The third-order valence-corrected chi connectivity index (χ3v) is 4.83. The number of carbonyl (C=O) groups excluding carboxylic acids is 4. The molecule has 1 aromatic rings. The van der Waals surface area contributed by atoms with E-state index in [1.165, 1.54) is 28.0 Å². The van der Waals surface area contributed by atoms with Crippen LogP contribution in [0, 0.1) is 0 Å². The van der Waals surface area contributed by atoms with E-state index in [-0.39, 0.29) is 35.6 Å². The highest BCUT2D eigenvalue weighted by Crippen LogP contribution is 2.28. The van der Waals surface area contributed by atoms with E-state index in [0.29, 0.717) is 0 Å². The minimum atomic E-state index is -1.32. The van der Waals surface area contributed by atoms with Gasteiger partial charge in [-0.05, 0) is 6.92 Å². The van der Waals surface area contributed by atoms with Crippen molar-refractivity contribution in [1.82, 2.24) is 9.55 Å². The first kappa shape index (κ1) is 27.4. The first-order chi connectivity index (χ1) is 16.3. The average Bonchev–Trinajstić information content (AvgIpc) is 2.75. The summed E-state index contributed by atoms with van der Waals surface area (Å²) in [6.07, 6.45) is -4.88. The highest BCUT2D eigenvalue weighted by Gasteiger charge is 2.47. The molecule has 2 rings (SSSR count). The molecular weight excluding hydrogens is 468 g/mol. The summed E-state index contributed by atoms with van der Waals surface area (Å²) in [5.41, 5.74) is -0.850. The predicted octanol–water partition coefficient (Wildman–Crippen LogP) is 0.0336. The quantitative estimate of drug-likeness (QED) is 0.291. The summed E-state index contributed by atoms with van der Waals surface area (Å²) in [7, 11) is 2.70. The van der Waals surface area contributed by atoms with Crippen LogP contribution in [0.25, 0.3) is 0 Å². The molecule has 2 heterocycles. The molecule has 35 heavy (non-hydrogen) atoms. The number of aliphatic imine (C=N–C) groups is 1. The molecule has 192 valence electrons. The second kappa shape index (κ2) is 11.6. The molecule has 1 fully saturated rings. The highest BCUT2D eigenvalue weighted by atomic mass is 16.6. The highest BCUT2D eigenvalue weighted by molar-refractivity contribution is 6.38. The van der Waals surface area contributed by atoms with Crippen LogP contribution >= 0.6 is 0 Å². The summed E-state index contributed by atoms with van der Waals surface area (Å²) in [5, 5.41) is 2.82. The van der Waals surface area contributed by atoms with Crippen molar-refractivity contribution in [2.24, 2.45) is 12.0 Å². The van der Waals surface area contributed by atoms with E-state index in [1.54, 1.807) is 0 Å². The lowest BCUT2D eigenvalue weighted by atomic mass is 10.0. The van der Waals surface area contributed by atoms with Crippen LogP contribution in [-0.4, -0.2) is 77.2 Å². The minimum absolute atomic E-state index is 0.0333.